The van der Waals surface area contributed by atoms with E-state index in [9.17, 15) is 18.4 Å². The van der Waals surface area contributed by atoms with E-state index in [0.29, 0.717) is 11.3 Å². The third kappa shape index (κ3) is 7.98. The number of primary amides is 1. The van der Waals surface area contributed by atoms with Gasteiger partial charge in [-0.3, -0.25) is 9.59 Å². The highest BCUT2D eigenvalue weighted by Crippen LogP contribution is 2.28. The van der Waals surface area contributed by atoms with Gasteiger partial charge < -0.3 is 15.4 Å². The second-order valence-electron chi connectivity index (χ2n) is 7.86. The van der Waals surface area contributed by atoms with E-state index in [1.807, 2.05) is 0 Å². The zero-order valence-electron chi connectivity index (χ0n) is 18.1. The van der Waals surface area contributed by atoms with Gasteiger partial charge in [0.1, 0.15) is 29.6 Å². The number of carbonyl (C=O) groups excluding carboxylic acids is 2. The number of hydrogen-bond donors (Lipinski definition) is 1. The number of likely N-dealkylation sites (tertiary alicyclic amines) is 1. The number of benzene rings is 1. The van der Waals surface area contributed by atoms with Crippen molar-refractivity contribution in [1.29, 1.82) is 0 Å². The first kappa shape index (κ1) is 27.6. The third-order valence-electron chi connectivity index (χ3n) is 5.42. The molecule has 33 heavy (non-hydrogen) atoms. The van der Waals surface area contributed by atoms with Crippen LogP contribution in [-0.2, 0) is 17.8 Å². The van der Waals surface area contributed by atoms with E-state index in [-0.39, 0.29) is 46.1 Å². The molecule has 1 aliphatic rings. The molecule has 0 saturated carbocycles. The Morgan fingerprint density at radius 1 is 1.15 bits per heavy atom. The van der Waals surface area contributed by atoms with Crippen LogP contribution in [0.25, 0.3) is 0 Å². The number of unbranched alkanes of at least 4 members (excludes halogenated alkanes) is 2. The number of Topliss-reactive ketones (excluding diaryl/α,β-unsaturated/α-hetero) is 1. The van der Waals surface area contributed by atoms with Crippen LogP contribution in [0.5, 0.6) is 5.88 Å². The fourth-order valence-electron chi connectivity index (χ4n) is 3.73. The largest absolute Gasteiger partial charge is 0.471 e. The molecule has 6 nitrogen and oxygen atoms in total. The van der Waals surface area contributed by atoms with Crippen molar-refractivity contribution < 1.29 is 23.1 Å². The molecule has 11 heteroatoms. The summed E-state index contributed by atoms with van der Waals surface area (Å²) in [5.74, 6) is -2.48. The SMILES string of the molecule is Cl.NC(=O)c1c(OCc2c(F)cc(Br)cc2F)nsc1CC(=O)CCCCCN1CCCC1. The Morgan fingerprint density at radius 2 is 1.82 bits per heavy atom. The van der Waals surface area contributed by atoms with E-state index in [1.54, 1.807) is 0 Å². The number of halogens is 4. The molecule has 0 bridgehead atoms. The van der Waals surface area contributed by atoms with Crippen molar-refractivity contribution in [3.8, 4) is 5.88 Å². The number of nitrogens with zero attached hydrogens (tertiary/aromatic N) is 2. The monoisotopic (exact) mass is 565 g/mol. The zero-order chi connectivity index (χ0) is 23.1. The third-order valence-corrected chi connectivity index (χ3v) is 6.71. The first-order valence-corrected chi connectivity index (χ1v) is 12.2. The molecule has 0 unspecified atom stereocenters. The lowest BCUT2D eigenvalue weighted by molar-refractivity contribution is -0.118. The van der Waals surface area contributed by atoms with Crippen LogP contribution in [0.4, 0.5) is 8.78 Å². The summed E-state index contributed by atoms with van der Waals surface area (Å²) in [5, 5.41) is 0. The predicted molar refractivity (Wildman–Crippen MR) is 129 cm³/mol. The molecule has 3 rings (SSSR count). The smallest absolute Gasteiger partial charge is 0.255 e. The fourth-order valence-corrected chi connectivity index (χ4v) is 4.97. The number of ketones is 1. The van der Waals surface area contributed by atoms with Gasteiger partial charge in [0.2, 0.25) is 5.88 Å². The van der Waals surface area contributed by atoms with Crippen LogP contribution >= 0.6 is 39.9 Å². The molecule has 2 heterocycles. The van der Waals surface area contributed by atoms with Gasteiger partial charge in [-0.1, -0.05) is 22.4 Å². The van der Waals surface area contributed by atoms with Crippen LogP contribution in [-0.4, -0.2) is 40.6 Å². The van der Waals surface area contributed by atoms with Crippen LogP contribution < -0.4 is 10.5 Å². The van der Waals surface area contributed by atoms with E-state index in [4.69, 9.17) is 10.5 Å². The molecular weight excluding hydrogens is 540 g/mol. The topological polar surface area (TPSA) is 85.5 Å². The van der Waals surface area contributed by atoms with Crippen molar-refractivity contribution >= 4 is 51.6 Å². The molecule has 0 radical (unpaired) electrons. The van der Waals surface area contributed by atoms with Crippen LogP contribution in [0, 0.1) is 11.6 Å². The molecule has 2 N–H and O–H groups in total. The Bertz CT molecular complexity index is 947. The quantitative estimate of drug-likeness (QED) is 0.364. The maximum absolute atomic E-state index is 14.0. The Kier molecular flexibility index (Phi) is 11.1. The first-order chi connectivity index (χ1) is 15.3. The lowest BCUT2D eigenvalue weighted by Gasteiger charge is -2.13. The highest BCUT2D eigenvalue weighted by molar-refractivity contribution is 9.10. The number of hydrogen-bond acceptors (Lipinski definition) is 6. The molecule has 1 aromatic heterocycles. The fraction of sp³-hybridized carbons (Fsp3) is 0.500. The summed E-state index contributed by atoms with van der Waals surface area (Å²) >= 11 is 3.96. The normalized spacial score (nSPS) is 13.7. The molecule has 1 amide bonds. The van der Waals surface area contributed by atoms with E-state index in [0.717, 1.165) is 49.5 Å². The Labute approximate surface area is 210 Å². The summed E-state index contributed by atoms with van der Waals surface area (Å²) in [6.07, 6.45) is 5.84. The molecule has 0 spiro atoms. The van der Waals surface area contributed by atoms with Gasteiger partial charge in [0, 0.05) is 22.2 Å². The molecule has 1 aromatic carbocycles. The maximum Gasteiger partial charge on any atom is 0.255 e. The molecule has 1 fully saturated rings. The summed E-state index contributed by atoms with van der Waals surface area (Å²) in [6, 6.07) is 2.24. The van der Waals surface area contributed by atoms with Gasteiger partial charge in [-0.15, -0.1) is 12.4 Å². The average molecular weight is 567 g/mol. The second kappa shape index (κ2) is 13.3. The van der Waals surface area contributed by atoms with Crippen LogP contribution in [0.1, 0.15) is 59.3 Å². The highest BCUT2D eigenvalue weighted by Gasteiger charge is 2.23. The number of nitrogens with two attached hydrogens (primary N) is 1. The lowest BCUT2D eigenvalue weighted by atomic mass is 10.1. The number of aromatic nitrogens is 1. The van der Waals surface area contributed by atoms with Crippen molar-refractivity contribution in [3.05, 3.63) is 44.2 Å². The van der Waals surface area contributed by atoms with E-state index in [1.165, 1.54) is 25.9 Å². The minimum absolute atomic E-state index is 0. The van der Waals surface area contributed by atoms with E-state index >= 15 is 0 Å². The Hall–Kier alpha value is -1.62. The summed E-state index contributed by atoms with van der Waals surface area (Å²) < 4.78 is 37.7. The summed E-state index contributed by atoms with van der Waals surface area (Å²) in [5.41, 5.74) is 5.17. The van der Waals surface area contributed by atoms with Crippen molar-refractivity contribution in [3.63, 3.8) is 0 Å². The van der Waals surface area contributed by atoms with Crippen LogP contribution in [0.2, 0.25) is 0 Å². The average Bonchev–Trinajstić information content (AvgIpc) is 3.37. The van der Waals surface area contributed by atoms with E-state index in [2.05, 4.69) is 25.2 Å². The zero-order valence-corrected chi connectivity index (χ0v) is 21.3. The van der Waals surface area contributed by atoms with Crippen LogP contribution in [0.15, 0.2) is 16.6 Å². The minimum Gasteiger partial charge on any atom is -0.471 e. The number of rotatable bonds is 12. The summed E-state index contributed by atoms with van der Waals surface area (Å²) in [4.78, 5) is 27.2. The Balaban J connectivity index is 0.00000385. The van der Waals surface area contributed by atoms with Crippen molar-refractivity contribution in [2.24, 2.45) is 5.73 Å². The van der Waals surface area contributed by atoms with Crippen molar-refractivity contribution in [2.45, 2.75) is 51.6 Å². The molecule has 0 aliphatic carbocycles. The number of amides is 1. The lowest BCUT2D eigenvalue weighted by Crippen LogP contribution is -2.20. The molecule has 2 aromatic rings. The van der Waals surface area contributed by atoms with Gasteiger partial charge in [0.15, 0.2) is 0 Å². The van der Waals surface area contributed by atoms with Gasteiger partial charge in [-0.2, -0.15) is 4.37 Å². The van der Waals surface area contributed by atoms with Crippen molar-refractivity contribution in [2.75, 3.05) is 19.6 Å². The van der Waals surface area contributed by atoms with Gasteiger partial charge >= 0.3 is 0 Å². The van der Waals surface area contributed by atoms with Gasteiger partial charge in [0.25, 0.3) is 5.91 Å². The molecule has 1 aliphatic heterocycles. The molecule has 0 atom stereocenters. The minimum atomic E-state index is -0.793. The first-order valence-electron chi connectivity index (χ1n) is 10.6. The highest BCUT2D eigenvalue weighted by atomic mass is 79.9. The van der Waals surface area contributed by atoms with E-state index < -0.39 is 24.1 Å². The maximum atomic E-state index is 14.0. The standard InChI is InChI=1S/C22H26BrF2N3O3S.ClH/c23-14-10-17(24)16(18(25)11-14)13-31-22-20(21(26)30)19(32-27-22)12-15(29)6-2-1-3-7-28-8-4-5-9-28;/h10-11H,1-9,12-13H2,(H2,26,30);1H. The van der Waals surface area contributed by atoms with Gasteiger partial charge in [-0.25, -0.2) is 8.78 Å². The van der Waals surface area contributed by atoms with Gasteiger partial charge in [0.05, 0.1) is 5.56 Å². The summed E-state index contributed by atoms with van der Waals surface area (Å²) in [7, 11) is 0. The molecular formula is C22H27BrClF2N3O3S. The second-order valence-corrected chi connectivity index (χ2v) is 9.64. The van der Waals surface area contributed by atoms with Crippen LogP contribution in [0.3, 0.4) is 0 Å². The molecule has 182 valence electrons. The van der Waals surface area contributed by atoms with Crippen molar-refractivity contribution in [1.82, 2.24) is 9.27 Å². The molecule has 1 saturated heterocycles. The number of ether oxygens (including phenoxy) is 1. The number of carbonyl (C=O) groups is 2. The predicted octanol–water partition coefficient (Wildman–Crippen LogP) is 5.05. The summed E-state index contributed by atoms with van der Waals surface area (Å²) in [6.45, 7) is 2.96. The Morgan fingerprint density at radius 3 is 2.45 bits per heavy atom. The van der Waals surface area contributed by atoms with Gasteiger partial charge in [-0.05, 0) is 69.0 Å².